The number of fused-ring (bicyclic) bond motifs is 1. The monoisotopic (exact) mass is 355 g/mol. The highest BCUT2D eigenvalue weighted by molar-refractivity contribution is 5.83. The molecule has 0 atom stereocenters. The topological polar surface area (TPSA) is 65.2 Å². The zero-order chi connectivity index (χ0) is 18.2. The molecule has 140 valence electrons. The highest BCUT2D eigenvalue weighted by Crippen LogP contribution is 2.19. The highest BCUT2D eigenvalue weighted by atomic mass is 16.2. The van der Waals surface area contributed by atoms with Crippen LogP contribution in [0.1, 0.15) is 50.5 Å². The Morgan fingerprint density at radius 3 is 2.96 bits per heavy atom. The molecule has 1 aromatic carbocycles. The maximum absolute atomic E-state index is 12.0. The van der Waals surface area contributed by atoms with Gasteiger partial charge in [0.25, 0.3) is 0 Å². The van der Waals surface area contributed by atoms with Gasteiger partial charge < -0.3 is 15.2 Å². The number of hydrogen-bond donors (Lipinski definition) is 2. The van der Waals surface area contributed by atoms with Crippen molar-refractivity contribution in [1.29, 1.82) is 0 Å². The number of nitrogens with zero attached hydrogens (tertiary/aromatic N) is 1. The van der Waals surface area contributed by atoms with Crippen LogP contribution in [0.2, 0.25) is 0 Å². The van der Waals surface area contributed by atoms with Crippen LogP contribution in [-0.4, -0.2) is 41.3 Å². The molecule has 26 heavy (non-hydrogen) atoms. The Kier molecular flexibility index (Phi) is 6.69. The van der Waals surface area contributed by atoms with E-state index in [2.05, 4.69) is 22.4 Å². The van der Waals surface area contributed by atoms with Gasteiger partial charge in [-0.3, -0.25) is 9.59 Å². The summed E-state index contributed by atoms with van der Waals surface area (Å²) >= 11 is 0. The summed E-state index contributed by atoms with van der Waals surface area (Å²) in [6.07, 6.45) is 9.12. The van der Waals surface area contributed by atoms with Gasteiger partial charge in [-0.1, -0.05) is 24.6 Å². The normalized spacial score (nSPS) is 15.2. The lowest BCUT2D eigenvalue weighted by atomic mass is 10.1. The van der Waals surface area contributed by atoms with Crippen molar-refractivity contribution in [3.8, 4) is 0 Å². The van der Waals surface area contributed by atoms with E-state index in [1.54, 1.807) is 0 Å². The van der Waals surface area contributed by atoms with Gasteiger partial charge in [0.15, 0.2) is 0 Å². The first kappa shape index (κ1) is 18.5. The van der Waals surface area contributed by atoms with E-state index in [1.165, 1.54) is 10.9 Å². The van der Waals surface area contributed by atoms with Gasteiger partial charge in [-0.05, 0) is 43.7 Å². The minimum atomic E-state index is 0.104. The fourth-order valence-corrected chi connectivity index (χ4v) is 3.64. The summed E-state index contributed by atoms with van der Waals surface area (Å²) in [5.41, 5.74) is 2.42. The number of carbonyl (C=O) groups is 2. The summed E-state index contributed by atoms with van der Waals surface area (Å²) in [5.74, 6) is 0.375. The Balaban J connectivity index is 1.31. The van der Waals surface area contributed by atoms with Crippen LogP contribution in [0.15, 0.2) is 30.5 Å². The molecule has 5 nitrogen and oxygen atoms in total. The quantitative estimate of drug-likeness (QED) is 0.713. The third-order valence-corrected chi connectivity index (χ3v) is 5.12. The zero-order valence-corrected chi connectivity index (χ0v) is 15.4. The van der Waals surface area contributed by atoms with Crippen molar-refractivity contribution in [2.75, 3.05) is 19.6 Å². The van der Waals surface area contributed by atoms with Gasteiger partial charge in [0.05, 0.1) is 0 Å². The first-order valence-electron chi connectivity index (χ1n) is 9.83. The largest absolute Gasteiger partial charge is 0.361 e. The van der Waals surface area contributed by atoms with Crippen molar-refractivity contribution < 1.29 is 9.59 Å². The average molecular weight is 355 g/mol. The molecule has 1 saturated heterocycles. The van der Waals surface area contributed by atoms with Crippen molar-refractivity contribution >= 4 is 22.7 Å². The molecular weight excluding hydrogens is 326 g/mol. The number of benzene rings is 1. The molecule has 0 aliphatic carbocycles. The number of nitrogens with one attached hydrogen (secondary N) is 2. The number of aromatic nitrogens is 1. The molecule has 1 aliphatic rings. The van der Waals surface area contributed by atoms with Crippen LogP contribution >= 0.6 is 0 Å². The zero-order valence-electron chi connectivity index (χ0n) is 15.4. The first-order valence-corrected chi connectivity index (χ1v) is 9.83. The minimum absolute atomic E-state index is 0.104. The fraction of sp³-hybridized carbons (Fsp3) is 0.524. The van der Waals surface area contributed by atoms with E-state index < -0.39 is 0 Å². The van der Waals surface area contributed by atoms with Crippen LogP contribution in [-0.2, 0) is 16.0 Å². The van der Waals surface area contributed by atoms with Crippen LogP contribution in [0.25, 0.3) is 10.9 Å². The highest BCUT2D eigenvalue weighted by Gasteiger charge is 2.15. The molecular formula is C21H29N3O2. The summed E-state index contributed by atoms with van der Waals surface area (Å²) in [6, 6.07) is 8.25. The van der Waals surface area contributed by atoms with E-state index in [0.717, 1.165) is 57.1 Å². The fourth-order valence-electron chi connectivity index (χ4n) is 3.64. The summed E-state index contributed by atoms with van der Waals surface area (Å²) in [4.78, 5) is 29.2. The van der Waals surface area contributed by atoms with Crippen molar-refractivity contribution in [2.24, 2.45) is 0 Å². The Bertz CT molecular complexity index is 738. The predicted molar refractivity (Wildman–Crippen MR) is 104 cm³/mol. The second kappa shape index (κ2) is 9.41. The molecule has 0 spiro atoms. The molecule has 0 unspecified atom stereocenters. The second-order valence-electron chi connectivity index (χ2n) is 7.11. The second-order valence-corrected chi connectivity index (χ2v) is 7.11. The van der Waals surface area contributed by atoms with Gasteiger partial charge in [-0.15, -0.1) is 0 Å². The summed E-state index contributed by atoms with van der Waals surface area (Å²) in [5, 5.41) is 4.23. The molecule has 2 heterocycles. The van der Waals surface area contributed by atoms with Crippen LogP contribution < -0.4 is 5.32 Å². The van der Waals surface area contributed by atoms with Crippen molar-refractivity contribution in [3.63, 3.8) is 0 Å². The standard InChI is InChI=1S/C21H29N3O2/c25-20(22-13-7-15-24-14-5-1-2-12-21(24)26)11-6-8-17-16-23-19-10-4-3-9-18(17)19/h3-4,9-10,16,23H,1-2,5-8,11-15H2,(H,22,25). The van der Waals surface area contributed by atoms with E-state index >= 15 is 0 Å². The van der Waals surface area contributed by atoms with Gasteiger partial charge >= 0.3 is 0 Å². The van der Waals surface area contributed by atoms with Crippen molar-refractivity contribution in [3.05, 3.63) is 36.0 Å². The van der Waals surface area contributed by atoms with E-state index in [9.17, 15) is 9.59 Å². The number of aryl methyl sites for hydroxylation is 1. The molecule has 0 bridgehead atoms. The molecule has 3 rings (SSSR count). The van der Waals surface area contributed by atoms with Gasteiger partial charge in [-0.2, -0.15) is 0 Å². The third kappa shape index (κ3) is 5.10. The van der Waals surface area contributed by atoms with Crippen LogP contribution in [0.3, 0.4) is 0 Å². The number of hydrogen-bond acceptors (Lipinski definition) is 2. The SMILES string of the molecule is O=C(CCCc1c[nH]c2ccccc12)NCCCN1CCCCCC1=O. The smallest absolute Gasteiger partial charge is 0.222 e. The van der Waals surface area contributed by atoms with E-state index in [1.807, 2.05) is 23.2 Å². The van der Waals surface area contributed by atoms with Crippen molar-refractivity contribution in [1.82, 2.24) is 15.2 Å². The number of likely N-dealkylation sites (tertiary alicyclic amines) is 1. The maximum atomic E-state index is 12.0. The summed E-state index contributed by atoms with van der Waals surface area (Å²) in [6.45, 7) is 2.28. The third-order valence-electron chi connectivity index (χ3n) is 5.12. The molecule has 0 saturated carbocycles. The number of H-pyrrole nitrogens is 1. The van der Waals surface area contributed by atoms with E-state index in [0.29, 0.717) is 19.4 Å². The predicted octanol–water partition coefficient (Wildman–Crippen LogP) is 3.40. The van der Waals surface area contributed by atoms with E-state index in [-0.39, 0.29) is 11.8 Å². The molecule has 2 aromatic rings. The average Bonchev–Trinajstić information content (AvgIpc) is 2.94. The lowest BCUT2D eigenvalue weighted by Gasteiger charge is -2.20. The molecule has 0 radical (unpaired) electrons. The molecule has 2 N–H and O–H groups in total. The lowest BCUT2D eigenvalue weighted by Crippen LogP contribution is -2.33. The Labute approximate surface area is 155 Å². The van der Waals surface area contributed by atoms with Crippen LogP contribution in [0.5, 0.6) is 0 Å². The first-order chi connectivity index (χ1) is 12.7. The molecule has 1 aliphatic heterocycles. The Morgan fingerprint density at radius 2 is 2.04 bits per heavy atom. The molecule has 1 fully saturated rings. The summed E-state index contributed by atoms with van der Waals surface area (Å²) in [7, 11) is 0. The number of rotatable bonds is 8. The number of aromatic amines is 1. The number of carbonyl (C=O) groups excluding carboxylic acids is 2. The molecule has 2 amide bonds. The number of amides is 2. The Morgan fingerprint density at radius 1 is 1.15 bits per heavy atom. The van der Waals surface area contributed by atoms with E-state index in [4.69, 9.17) is 0 Å². The van der Waals surface area contributed by atoms with Gasteiger partial charge in [0.1, 0.15) is 0 Å². The van der Waals surface area contributed by atoms with Crippen LogP contribution in [0.4, 0.5) is 0 Å². The summed E-state index contributed by atoms with van der Waals surface area (Å²) < 4.78 is 0. The lowest BCUT2D eigenvalue weighted by molar-refractivity contribution is -0.130. The van der Waals surface area contributed by atoms with Crippen molar-refractivity contribution in [2.45, 2.75) is 51.4 Å². The minimum Gasteiger partial charge on any atom is -0.361 e. The number of para-hydroxylation sites is 1. The molecule has 5 heteroatoms. The molecule has 1 aromatic heterocycles. The van der Waals surface area contributed by atoms with Crippen LogP contribution in [0, 0.1) is 0 Å². The Hall–Kier alpha value is -2.30. The maximum Gasteiger partial charge on any atom is 0.222 e. The van der Waals surface area contributed by atoms with Gasteiger partial charge in [0.2, 0.25) is 11.8 Å². The van der Waals surface area contributed by atoms with Gasteiger partial charge in [-0.25, -0.2) is 0 Å². The van der Waals surface area contributed by atoms with Gasteiger partial charge in [0, 0.05) is 49.6 Å².